The second-order valence-electron chi connectivity index (χ2n) is 2.65. The summed E-state index contributed by atoms with van der Waals surface area (Å²) in [4.78, 5) is 4.18. The van der Waals surface area contributed by atoms with Crippen molar-refractivity contribution in [1.29, 1.82) is 0 Å². The van der Waals surface area contributed by atoms with Crippen molar-refractivity contribution in [2.45, 2.75) is 24.4 Å². The average molecular weight is 182 g/mol. The van der Waals surface area contributed by atoms with Gasteiger partial charge in [-0.2, -0.15) is 0 Å². The molecule has 0 aliphatic carbocycles. The zero-order valence-corrected chi connectivity index (χ0v) is 8.27. The molecule has 1 aromatic heterocycles. The lowest BCUT2D eigenvalue weighted by molar-refractivity contribution is 0.694. The third kappa shape index (κ3) is 2.22. The molecule has 0 spiro atoms. The minimum atomic E-state index is 0.152. The number of aromatic nitrogens is 1. The molecule has 0 fully saturated rings. The van der Waals surface area contributed by atoms with Crippen molar-refractivity contribution in [3.05, 3.63) is 23.9 Å². The van der Waals surface area contributed by atoms with Crippen molar-refractivity contribution in [2.75, 3.05) is 6.26 Å². The van der Waals surface area contributed by atoms with Gasteiger partial charge < -0.3 is 5.73 Å². The molecule has 1 heterocycles. The van der Waals surface area contributed by atoms with Crippen LogP contribution in [0.15, 0.2) is 23.4 Å². The van der Waals surface area contributed by atoms with E-state index in [4.69, 9.17) is 5.73 Å². The van der Waals surface area contributed by atoms with E-state index in [1.165, 1.54) is 5.56 Å². The molecule has 0 saturated carbocycles. The SMILES string of the molecule is CC[C@H](N)c1ccnc(SC)c1. The van der Waals surface area contributed by atoms with Crippen molar-refractivity contribution < 1.29 is 0 Å². The number of nitrogens with zero attached hydrogens (tertiary/aromatic N) is 1. The van der Waals surface area contributed by atoms with Crippen molar-refractivity contribution in [1.82, 2.24) is 4.98 Å². The van der Waals surface area contributed by atoms with Crippen LogP contribution in [0.4, 0.5) is 0 Å². The van der Waals surface area contributed by atoms with E-state index >= 15 is 0 Å². The molecule has 1 rings (SSSR count). The molecule has 66 valence electrons. The van der Waals surface area contributed by atoms with Crippen LogP contribution < -0.4 is 5.73 Å². The van der Waals surface area contributed by atoms with E-state index in [0.29, 0.717) is 0 Å². The van der Waals surface area contributed by atoms with Gasteiger partial charge in [-0.3, -0.25) is 0 Å². The van der Waals surface area contributed by atoms with Gasteiger partial charge in [-0.15, -0.1) is 11.8 Å². The van der Waals surface area contributed by atoms with Crippen LogP contribution in [0.25, 0.3) is 0 Å². The summed E-state index contributed by atoms with van der Waals surface area (Å²) in [6.07, 6.45) is 4.80. The van der Waals surface area contributed by atoms with E-state index in [1.807, 2.05) is 18.5 Å². The van der Waals surface area contributed by atoms with Crippen LogP contribution in [0.2, 0.25) is 0 Å². The molecule has 1 atom stereocenters. The maximum Gasteiger partial charge on any atom is 0.0960 e. The highest BCUT2D eigenvalue weighted by Gasteiger charge is 2.03. The fraction of sp³-hybridized carbons (Fsp3) is 0.444. The van der Waals surface area contributed by atoms with Gasteiger partial charge in [0.2, 0.25) is 0 Å². The minimum Gasteiger partial charge on any atom is -0.324 e. The zero-order chi connectivity index (χ0) is 8.97. The number of rotatable bonds is 3. The van der Waals surface area contributed by atoms with E-state index < -0.39 is 0 Å². The lowest BCUT2D eigenvalue weighted by Crippen LogP contribution is -2.08. The zero-order valence-electron chi connectivity index (χ0n) is 7.45. The summed E-state index contributed by atoms with van der Waals surface area (Å²) in [5.41, 5.74) is 7.06. The van der Waals surface area contributed by atoms with Gasteiger partial charge in [0.05, 0.1) is 5.03 Å². The Balaban J connectivity index is 2.86. The fourth-order valence-electron chi connectivity index (χ4n) is 1.00. The van der Waals surface area contributed by atoms with E-state index in [1.54, 1.807) is 11.8 Å². The standard InChI is InChI=1S/C9H14N2S/c1-3-8(10)7-4-5-11-9(6-7)12-2/h4-6,8H,3,10H2,1-2H3/t8-/m0/s1. The molecule has 0 bridgehead atoms. The van der Waals surface area contributed by atoms with E-state index in [2.05, 4.69) is 18.0 Å². The molecule has 0 radical (unpaired) electrons. The number of hydrogen-bond acceptors (Lipinski definition) is 3. The van der Waals surface area contributed by atoms with Crippen molar-refractivity contribution in [3.8, 4) is 0 Å². The molecule has 0 saturated heterocycles. The third-order valence-corrected chi connectivity index (χ3v) is 2.48. The quantitative estimate of drug-likeness (QED) is 0.728. The molecular weight excluding hydrogens is 168 g/mol. The first-order valence-corrected chi connectivity index (χ1v) is 5.26. The van der Waals surface area contributed by atoms with Crippen LogP contribution in [0, 0.1) is 0 Å². The van der Waals surface area contributed by atoms with Crippen LogP contribution >= 0.6 is 11.8 Å². The topological polar surface area (TPSA) is 38.9 Å². The van der Waals surface area contributed by atoms with Crippen LogP contribution in [0.3, 0.4) is 0 Å². The minimum absolute atomic E-state index is 0.152. The Kier molecular flexibility index (Phi) is 3.56. The van der Waals surface area contributed by atoms with Gasteiger partial charge in [-0.1, -0.05) is 6.92 Å². The normalized spacial score (nSPS) is 12.9. The molecular formula is C9H14N2S. The smallest absolute Gasteiger partial charge is 0.0960 e. The van der Waals surface area contributed by atoms with Gasteiger partial charge in [0.1, 0.15) is 0 Å². The van der Waals surface area contributed by atoms with E-state index in [9.17, 15) is 0 Å². The Morgan fingerprint density at radius 1 is 1.67 bits per heavy atom. The monoisotopic (exact) mass is 182 g/mol. The Labute approximate surface area is 77.6 Å². The van der Waals surface area contributed by atoms with Crippen molar-refractivity contribution in [3.63, 3.8) is 0 Å². The maximum absolute atomic E-state index is 5.88. The highest BCUT2D eigenvalue weighted by molar-refractivity contribution is 7.98. The largest absolute Gasteiger partial charge is 0.324 e. The first-order valence-electron chi connectivity index (χ1n) is 4.03. The summed E-state index contributed by atoms with van der Waals surface area (Å²) in [5, 5.41) is 1.04. The molecule has 3 heteroatoms. The summed E-state index contributed by atoms with van der Waals surface area (Å²) in [5.74, 6) is 0. The van der Waals surface area contributed by atoms with Crippen LogP contribution in [-0.2, 0) is 0 Å². The Morgan fingerprint density at radius 2 is 2.42 bits per heavy atom. The molecule has 2 nitrogen and oxygen atoms in total. The first kappa shape index (κ1) is 9.55. The van der Waals surface area contributed by atoms with Gasteiger partial charge in [-0.25, -0.2) is 4.98 Å². The third-order valence-electron chi connectivity index (χ3n) is 1.84. The first-order chi connectivity index (χ1) is 5.77. The van der Waals surface area contributed by atoms with Gasteiger partial charge in [0.25, 0.3) is 0 Å². The second kappa shape index (κ2) is 4.48. The number of pyridine rings is 1. The maximum atomic E-state index is 5.88. The van der Waals surface area contributed by atoms with Crippen LogP contribution in [0.5, 0.6) is 0 Å². The average Bonchev–Trinajstić information content (AvgIpc) is 2.17. The van der Waals surface area contributed by atoms with Crippen molar-refractivity contribution >= 4 is 11.8 Å². The van der Waals surface area contributed by atoms with Gasteiger partial charge in [-0.05, 0) is 30.4 Å². The van der Waals surface area contributed by atoms with Gasteiger partial charge in [0, 0.05) is 12.2 Å². The highest BCUT2D eigenvalue weighted by Crippen LogP contribution is 2.18. The molecule has 0 aliphatic rings. The van der Waals surface area contributed by atoms with Gasteiger partial charge >= 0.3 is 0 Å². The molecule has 0 unspecified atom stereocenters. The van der Waals surface area contributed by atoms with Gasteiger partial charge in [0.15, 0.2) is 0 Å². The van der Waals surface area contributed by atoms with E-state index in [-0.39, 0.29) is 6.04 Å². The number of thioether (sulfide) groups is 1. The summed E-state index contributed by atoms with van der Waals surface area (Å²) in [6, 6.07) is 4.19. The number of hydrogen-bond donors (Lipinski definition) is 1. The molecule has 1 aromatic rings. The summed E-state index contributed by atoms with van der Waals surface area (Å²) in [7, 11) is 0. The lowest BCUT2D eigenvalue weighted by Gasteiger charge is -2.08. The molecule has 12 heavy (non-hydrogen) atoms. The second-order valence-corrected chi connectivity index (χ2v) is 3.47. The van der Waals surface area contributed by atoms with Crippen molar-refractivity contribution in [2.24, 2.45) is 5.73 Å². The fourth-order valence-corrected chi connectivity index (χ4v) is 1.42. The number of nitrogens with two attached hydrogens (primary N) is 1. The predicted molar refractivity (Wildman–Crippen MR) is 53.2 cm³/mol. The van der Waals surface area contributed by atoms with E-state index in [0.717, 1.165) is 11.4 Å². The Morgan fingerprint density at radius 3 is 3.00 bits per heavy atom. The van der Waals surface area contributed by atoms with Crippen LogP contribution in [0.1, 0.15) is 24.9 Å². The summed E-state index contributed by atoms with van der Waals surface area (Å²) < 4.78 is 0. The molecule has 0 aliphatic heterocycles. The molecule has 0 aromatic carbocycles. The van der Waals surface area contributed by atoms with Crippen LogP contribution in [-0.4, -0.2) is 11.2 Å². The lowest BCUT2D eigenvalue weighted by atomic mass is 10.1. The summed E-state index contributed by atoms with van der Waals surface area (Å²) in [6.45, 7) is 2.09. The molecule has 2 N–H and O–H groups in total. The molecule has 0 amide bonds. The Bertz CT molecular complexity index is 250. The Hall–Kier alpha value is -0.540. The highest BCUT2D eigenvalue weighted by atomic mass is 32.2. The predicted octanol–water partition coefficient (Wildman–Crippen LogP) is 2.21. The summed E-state index contributed by atoms with van der Waals surface area (Å²) >= 11 is 1.64.